The van der Waals surface area contributed by atoms with Gasteiger partial charge in [0.1, 0.15) is 23.4 Å². The lowest BCUT2D eigenvalue weighted by Gasteiger charge is -2.59. The number of hydrogen-bond acceptors (Lipinski definition) is 11. The molecule has 2 heterocycles. The summed E-state index contributed by atoms with van der Waals surface area (Å²) in [5.74, 6) is -2.18. The van der Waals surface area contributed by atoms with Gasteiger partial charge in [0.25, 0.3) is 0 Å². The molecule has 6 rings (SSSR count). The van der Waals surface area contributed by atoms with Crippen molar-refractivity contribution in [2.75, 3.05) is 39.6 Å². The number of nitrogens with zero attached hydrogens (tertiary/aromatic N) is 2. The van der Waals surface area contributed by atoms with E-state index in [0.717, 1.165) is 49.7 Å². The molecule has 332 valence electrons. The number of allylic oxidation sites excluding steroid dienone is 1. The molecule has 7 unspecified atom stereocenters. The van der Waals surface area contributed by atoms with Gasteiger partial charge in [-0.15, -0.1) is 13.2 Å². The molecule has 2 aliphatic heterocycles. The lowest BCUT2D eigenvalue weighted by molar-refractivity contribution is -0.256. The maximum atomic E-state index is 14.6. The van der Waals surface area contributed by atoms with Gasteiger partial charge < -0.3 is 44.1 Å². The van der Waals surface area contributed by atoms with Gasteiger partial charge in [0, 0.05) is 50.6 Å². The lowest BCUT2D eigenvalue weighted by Crippen LogP contribution is -2.70. The minimum atomic E-state index is -1.57. The van der Waals surface area contributed by atoms with Gasteiger partial charge in [0.15, 0.2) is 0 Å². The Morgan fingerprint density at radius 3 is 2.54 bits per heavy atom. The smallest absolute Gasteiger partial charge is 0.412 e. The molecule has 1 saturated carbocycles. The summed E-state index contributed by atoms with van der Waals surface area (Å²) in [5, 5.41) is 27.4. The number of aliphatic hydroxyl groups is 2. The van der Waals surface area contributed by atoms with Crippen molar-refractivity contribution in [3.8, 4) is 11.5 Å². The van der Waals surface area contributed by atoms with E-state index in [1.807, 2.05) is 13.0 Å². The first kappa shape index (κ1) is 45.8. The summed E-state index contributed by atoms with van der Waals surface area (Å²) in [6.07, 6.45) is 11.1. The summed E-state index contributed by atoms with van der Waals surface area (Å²) in [6, 6.07) is 10.4. The molecule has 13 nitrogen and oxygen atoms in total. The zero-order chi connectivity index (χ0) is 43.2. The first-order chi connectivity index (χ1) is 29.8. The number of halogens is 1. The predicted octanol–water partition coefficient (Wildman–Crippen LogP) is 8.31. The number of benzene rings is 2. The van der Waals surface area contributed by atoms with Crippen LogP contribution in [-0.4, -0.2) is 90.7 Å². The van der Waals surface area contributed by atoms with Crippen LogP contribution < -0.4 is 14.8 Å². The Bertz CT molecular complexity index is 1850. The van der Waals surface area contributed by atoms with Crippen molar-refractivity contribution < 1.29 is 52.7 Å². The predicted molar refractivity (Wildman–Crippen MR) is 227 cm³/mol. The Morgan fingerprint density at radius 2 is 1.84 bits per heavy atom. The second-order valence-corrected chi connectivity index (χ2v) is 16.0. The maximum absolute atomic E-state index is 14.6. The molecule has 61 heavy (non-hydrogen) atoms. The van der Waals surface area contributed by atoms with Crippen molar-refractivity contribution in [1.29, 1.82) is 0 Å². The van der Waals surface area contributed by atoms with E-state index in [9.17, 15) is 24.2 Å². The zero-order valence-corrected chi connectivity index (χ0v) is 35.3. The molecule has 2 aliphatic carbocycles. The standard InChI is InChI=1S/C47H62FN3O10/c1-4-7-26-57-46(55)51(31-32-17-19-34(48)20-18-32)41-30-39(50-61-42-16-10-13-27-56-42)37-28-33(14-8-11-23-52)36(15-9-12-24-53)43-38-29-35(59-45(54)49-6-3)21-22-40(38)60-47(41,44(37)43)58-25-5-2/h4-5,17-22,28-29,33,36,41-44,52-53H,1-2,6-16,23-27,30-31H2,3H3,(H,49,54). The zero-order valence-electron chi connectivity index (χ0n) is 35.3. The van der Waals surface area contributed by atoms with Gasteiger partial charge in [0.05, 0.1) is 31.5 Å². The fourth-order valence-corrected chi connectivity index (χ4v) is 9.32. The minimum absolute atomic E-state index is 0.00983. The van der Waals surface area contributed by atoms with Crippen LogP contribution in [0.2, 0.25) is 0 Å². The third kappa shape index (κ3) is 11.0. The Balaban J connectivity index is 1.60. The highest BCUT2D eigenvalue weighted by atomic mass is 19.1. The number of nitrogens with one attached hydrogen (secondary N) is 1. The van der Waals surface area contributed by atoms with Crippen LogP contribution in [0.3, 0.4) is 0 Å². The van der Waals surface area contributed by atoms with Crippen LogP contribution >= 0.6 is 0 Å². The van der Waals surface area contributed by atoms with Crippen LogP contribution in [-0.2, 0) is 25.6 Å². The molecule has 0 radical (unpaired) electrons. The summed E-state index contributed by atoms with van der Waals surface area (Å²) in [5.41, 5.74) is 2.89. The van der Waals surface area contributed by atoms with Crippen molar-refractivity contribution in [3.63, 3.8) is 0 Å². The van der Waals surface area contributed by atoms with Crippen LogP contribution in [0, 0.1) is 23.6 Å². The van der Waals surface area contributed by atoms with E-state index >= 15 is 0 Å². The van der Waals surface area contributed by atoms with E-state index < -0.39 is 42.0 Å². The summed E-state index contributed by atoms with van der Waals surface area (Å²) >= 11 is 0. The number of fused-ring (bicyclic) bond motifs is 2. The van der Waals surface area contributed by atoms with Gasteiger partial charge in [0.2, 0.25) is 12.1 Å². The molecule has 3 N–H and O–H groups in total. The number of hydrogen-bond donors (Lipinski definition) is 3. The lowest BCUT2D eigenvalue weighted by atomic mass is 9.55. The topological polar surface area (TPSA) is 158 Å². The molecule has 4 aliphatic rings. The van der Waals surface area contributed by atoms with Crippen molar-refractivity contribution in [2.24, 2.45) is 22.9 Å². The second-order valence-electron chi connectivity index (χ2n) is 16.0. The number of aliphatic hydroxyl groups excluding tert-OH is 2. The highest BCUT2D eigenvalue weighted by Gasteiger charge is 2.65. The highest BCUT2D eigenvalue weighted by molar-refractivity contribution is 6.03. The third-order valence-corrected chi connectivity index (χ3v) is 12.0. The Morgan fingerprint density at radius 1 is 1.05 bits per heavy atom. The molecule has 2 aromatic rings. The number of rotatable bonds is 21. The summed E-state index contributed by atoms with van der Waals surface area (Å²) < 4.78 is 46.2. The minimum Gasteiger partial charge on any atom is -0.459 e. The summed E-state index contributed by atoms with van der Waals surface area (Å²) in [7, 11) is 0. The van der Waals surface area contributed by atoms with Crippen LogP contribution in [0.4, 0.5) is 14.0 Å². The molecule has 0 spiro atoms. The molecule has 14 heteroatoms. The second kappa shape index (κ2) is 22.4. The van der Waals surface area contributed by atoms with Gasteiger partial charge in [-0.25, -0.2) is 14.0 Å². The number of carbonyl (C=O) groups excluding carboxylic acids is 2. The number of carbonyl (C=O) groups is 2. The average Bonchev–Trinajstić information content (AvgIpc) is 3.26. The van der Waals surface area contributed by atoms with Gasteiger partial charge >= 0.3 is 12.2 Å². The Kier molecular flexibility index (Phi) is 16.8. The first-order valence-corrected chi connectivity index (χ1v) is 21.9. The third-order valence-electron chi connectivity index (χ3n) is 12.0. The van der Waals surface area contributed by atoms with Crippen LogP contribution in [0.5, 0.6) is 11.5 Å². The van der Waals surface area contributed by atoms with Gasteiger partial charge in [-0.2, -0.15) is 0 Å². The Labute approximate surface area is 358 Å². The molecule has 0 bridgehead atoms. The van der Waals surface area contributed by atoms with E-state index in [1.54, 1.807) is 41.3 Å². The van der Waals surface area contributed by atoms with E-state index in [-0.39, 0.29) is 57.1 Å². The monoisotopic (exact) mass is 847 g/mol. The molecule has 0 aromatic heterocycles. The maximum Gasteiger partial charge on any atom is 0.412 e. The van der Waals surface area contributed by atoms with E-state index in [2.05, 4.69) is 24.6 Å². The molecule has 7 atom stereocenters. The number of unbranched alkanes of at least 4 members (excludes halogenated alkanes) is 2. The first-order valence-electron chi connectivity index (χ1n) is 21.9. The summed E-state index contributed by atoms with van der Waals surface area (Å²) in [6.45, 7) is 10.8. The fraction of sp³-hybridized carbons (Fsp3) is 0.553. The highest BCUT2D eigenvalue weighted by Crippen LogP contribution is 2.62. The van der Waals surface area contributed by atoms with E-state index in [4.69, 9.17) is 33.7 Å². The molecule has 2 fully saturated rings. The Hall–Kier alpha value is -4.76. The van der Waals surface area contributed by atoms with Gasteiger partial charge in [-0.05, 0) is 105 Å². The molecule has 2 amide bonds. The van der Waals surface area contributed by atoms with Crippen molar-refractivity contribution >= 4 is 17.9 Å². The normalized spacial score (nSPS) is 25.8. The van der Waals surface area contributed by atoms with Crippen molar-refractivity contribution in [1.82, 2.24) is 10.2 Å². The number of amides is 2. The summed E-state index contributed by atoms with van der Waals surface area (Å²) in [4.78, 5) is 35.1. The van der Waals surface area contributed by atoms with E-state index in [0.29, 0.717) is 61.6 Å². The SMILES string of the molecule is C=CCCOC(=O)N(Cc1ccc(F)cc1)C1CC(=NOC2CCCCO2)C2=CC(CCCCO)C(CCCCO)C3c4cc(OC(=O)NCC)ccc4OC1(OCC=C)C23. The quantitative estimate of drug-likeness (QED) is 0.0634. The van der Waals surface area contributed by atoms with Crippen molar-refractivity contribution in [2.45, 2.75) is 108 Å². The average molecular weight is 848 g/mol. The van der Waals surface area contributed by atoms with E-state index in [1.165, 1.54) is 12.1 Å². The number of oxime groups is 1. The molecule has 2 aromatic carbocycles. The molecule has 1 saturated heterocycles. The van der Waals surface area contributed by atoms with Crippen LogP contribution in [0.25, 0.3) is 0 Å². The van der Waals surface area contributed by atoms with Gasteiger partial charge in [-0.3, -0.25) is 4.90 Å². The van der Waals surface area contributed by atoms with Crippen LogP contribution in [0.15, 0.2) is 84.6 Å². The van der Waals surface area contributed by atoms with Crippen molar-refractivity contribution in [3.05, 3.63) is 96.4 Å². The molecular weight excluding hydrogens is 786 g/mol. The fourth-order valence-electron chi connectivity index (χ4n) is 9.32. The van der Waals surface area contributed by atoms with Crippen LogP contribution in [0.1, 0.15) is 94.6 Å². The van der Waals surface area contributed by atoms with Gasteiger partial charge in [-0.1, -0.05) is 48.4 Å². The largest absolute Gasteiger partial charge is 0.459 e. The molecular formula is C47H62FN3O10. The number of ether oxygens (including phenoxy) is 5.